The SMILES string of the molecule is CSc1nnc(Oc2ccccc2C#N)nn1. The molecule has 0 saturated carbocycles. The lowest BCUT2D eigenvalue weighted by atomic mass is 10.2. The van der Waals surface area contributed by atoms with Crippen LogP contribution in [0, 0.1) is 11.3 Å². The van der Waals surface area contributed by atoms with Crippen LogP contribution in [0.3, 0.4) is 0 Å². The van der Waals surface area contributed by atoms with E-state index in [4.69, 9.17) is 10.00 Å². The van der Waals surface area contributed by atoms with Crippen molar-refractivity contribution in [3.8, 4) is 17.8 Å². The highest BCUT2D eigenvalue weighted by Crippen LogP contribution is 2.21. The Labute approximate surface area is 102 Å². The topological polar surface area (TPSA) is 84.6 Å². The summed E-state index contributed by atoms with van der Waals surface area (Å²) in [5.74, 6) is 0.385. The lowest BCUT2D eigenvalue weighted by Crippen LogP contribution is -1.99. The molecule has 0 amide bonds. The van der Waals surface area contributed by atoms with E-state index in [9.17, 15) is 0 Å². The highest BCUT2D eigenvalue weighted by atomic mass is 32.2. The summed E-state index contributed by atoms with van der Waals surface area (Å²) in [4.78, 5) is 0. The first-order valence-corrected chi connectivity index (χ1v) is 5.84. The number of hydrogen-bond acceptors (Lipinski definition) is 7. The molecular formula is C10H7N5OS. The van der Waals surface area contributed by atoms with E-state index < -0.39 is 0 Å². The van der Waals surface area contributed by atoms with Crippen LogP contribution < -0.4 is 4.74 Å². The Morgan fingerprint density at radius 2 is 1.88 bits per heavy atom. The van der Waals surface area contributed by atoms with Crippen LogP contribution in [0.15, 0.2) is 29.4 Å². The highest BCUT2D eigenvalue weighted by molar-refractivity contribution is 7.98. The number of benzene rings is 1. The second-order valence-corrected chi connectivity index (χ2v) is 3.65. The Bertz CT molecular complexity index is 551. The van der Waals surface area contributed by atoms with E-state index in [1.165, 1.54) is 11.8 Å². The Morgan fingerprint density at radius 1 is 1.18 bits per heavy atom. The first-order valence-electron chi connectivity index (χ1n) is 4.62. The molecule has 0 saturated heterocycles. The molecule has 6 nitrogen and oxygen atoms in total. The first kappa shape index (κ1) is 11.3. The van der Waals surface area contributed by atoms with Crippen LogP contribution in [0.2, 0.25) is 0 Å². The zero-order valence-corrected chi connectivity index (χ0v) is 9.68. The molecule has 0 fully saturated rings. The molecule has 0 aliphatic rings. The van der Waals surface area contributed by atoms with E-state index in [2.05, 4.69) is 20.4 Å². The van der Waals surface area contributed by atoms with Crippen molar-refractivity contribution in [2.24, 2.45) is 0 Å². The van der Waals surface area contributed by atoms with Gasteiger partial charge in [-0.05, 0) is 18.4 Å². The summed E-state index contributed by atoms with van der Waals surface area (Å²) in [7, 11) is 0. The molecule has 1 aromatic heterocycles. The lowest BCUT2D eigenvalue weighted by Gasteiger charge is -2.03. The molecule has 1 heterocycles. The van der Waals surface area contributed by atoms with Crippen molar-refractivity contribution in [2.75, 3.05) is 6.26 Å². The third kappa shape index (κ3) is 2.68. The molecule has 0 aliphatic heterocycles. The second-order valence-electron chi connectivity index (χ2n) is 2.88. The molecule has 0 spiro atoms. The maximum Gasteiger partial charge on any atom is 0.360 e. The lowest BCUT2D eigenvalue weighted by molar-refractivity contribution is 0.414. The van der Waals surface area contributed by atoms with Crippen LogP contribution >= 0.6 is 11.8 Å². The first-order chi connectivity index (χ1) is 8.33. The average Bonchev–Trinajstić information content (AvgIpc) is 2.40. The van der Waals surface area contributed by atoms with Gasteiger partial charge in [0, 0.05) is 0 Å². The van der Waals surface area contributed by atoms with Crippen molar-refractivity contribution in [1.29, 1.82) is 5.26 Å². The molecule has 0 aliphatic carbocycles. The number of nitrogens with zero attached hydrogens (tertiary/aromatic N) is 5. The van der Waals surface area contributed by atoms with Crippen molar-refractivity contribution in [3.05, 3.63) is 29.8 Å². The van der Waals surface area contributed by atoms with Crippen molar-refractivity contribution in [1.82, 2.24) is 20.4 Å². The van der Waals surface area contributed by atoms with Crippen molar-refractivity contribution in [2.45, 2.75) is 5.16 Å². The minimum atomic E-state index is 0.0190. The van der Waals surface area contributed by atoms with Crippen LogP contribution in [0.4, 0.5) is 0 Å². The Kier molecular flexibility index (Phi) is 3.47. The molecule has 7 heteroatoms. The fourth-order valence-electron chi connectivity index (χ4n) is 1.08. The minimum Gasteiger partial charge on any atom is -0.421 e. The van der Waals surface area contributed by atoms with E-state index in [1.54, 1.807) is 24.3 Å². The second kappa shape index (κ2) is 5.23. The average molecular weight is 245 g/mol. The fraction of sp³-hybridized carbons (Fsp3) is 0.100. The maximum absolute atomic E-state index is 8.87. The third-order valence-electron chi connectivity index (χ3n) is 1.83. The molecule has 84 valence electrons. The predicted molar refractivity (Wildman–Crippen MR) is 60.6 cm³/mol. The van der Waals surface area contributed by atoms with Crippen LogP contribution in [-0.2, 0) is 0 Å². The monoisotopic (exact) mass is 245 g/mol. The summed E-state index contributed by atoms with van der Waals surface area (Å²) in [5, 5.41) is 24.4. The molecule has 0 N–H and O–H groups in total. The van der Waals surface area contributed by atoms with Crippen molar-refractivity contribution < 1.29 is 4.74 Å². The molecule has 17 heavy (non-hydrogen) atoms. The van der Waals surface area contributed by atoms with Crippen LogP contribution in [0.5, 0.6) is 11.8 Å². The summed E-state index contributed by atoms with van der Waals surface area (Å²) < 4.78 is 5.32. The van der Waals surface area contributed by atoms with Gasteiger partial charge in [-0.1, -0.05) is 34.1 Å². The van der Waals surface area contributed by atoms with Gasteiger partial charge in [-0.25, -0.2) is 0 Å². The molecule has 2 rings (SSSR count). The van der Waals surface area contributed by atoms with Gasteiger partial charge in [0.15, 0.2) is 0 Å². The van der Waals surface area contributed by atoms with Crippen molar-refractivity contribution >= 4 is 11.8 Å². The van der Waals surface area contributed by atoms with E-state index >= 15 is 0 Å². The fourth-order valence-corrected chi connectivity index (χ4v) is 1.32. The number of rotatable bonds is 3. The maximum atomic E-state index is 8.87. The van der Waals surface area contributed by atoms with Gasteiger partial charge < -0.3 is 4.74 Å². The molecule has 0 radical (unpaired) electrons. The van der Waals surface area contributed by atoms with Gasteiger partial charge in [-0.3, -0.25) is 0 Å². The van der Waals surface area contributed by atoms with Gasteiger partial charge in [0.2, 0.25) is 5.16 Å². The summed E-state index contributed by atoms with van der Waals surface area (Å²) in [5.41, 5.74) is 0.407. The van der Waals surface area contributed by atoms with Gasteiger partial charge in [0.05, 0.1) is 5.56 Å². The van der Waals surface area contributed by atoms with Crippen LogP contribution in [0.1, 0.15) is 5.56 Å². The van der Waals surface area contributed by atoms with Gasteiger partial charge in [-0.15, -0.1) is 10.2 Å². The molecule has 0 atom stereocenters. The molecule has 2 aromatic rings. The van der Waals surface area contributed by atoms with Gasteiger partial charge in [-0.2, -0.15) is 5.26 Å². The van der Waals surface area contributed by atoms with Gasteiger partial charge >= 0.3 is 6.01 Å². The Balaban J connectivity index is 2.23. The highest BCUT2D eigenvalue weighted by Gasteiger charge is 2.06. The number of para-hydroxylation sites is 1. The molecule has 1 aromatic carbocycles. The standard InChI is InChI=1S/C10H7N5OS/c1-17-10-14-12-9(13-15-10)16-8-5-3-2-4-7(8)6-11/h2-5H,1H3. The summed E-state index contributed by atoms with van der Waals surface area (Å²) in [6.45, 7) is 0. The van der Waals surface area contributed by atoms with Gasteiger partial charge in [0.25, 0.3) is 0 Å². The number of hydrogen-bond donors (Lipinski definition) is 0. The van der Waals surface area contributed by atoms with Gasteiger partial charge in [0.1, 0.15) is 11.8 Å². The summed E-state index contributed by atoms with van der Waals surface area (Å²) in [6, 6.07) is 8.84. The number of nitriles is 1. The number of ether oxygens (including phenoxy) is 1. The van der Waals surface area contributed by atoms with Crippen molar-refractivity contribution in [3.63, 3.8) is 0 Å². The minimum absolute atomic E-state index is 0.0190. The Hall–Kier alpha value is -2.20. The van der Waals surface area contributed by atoms with E-state index in [-0.39, 0.29) is 6.01 Å². The molecule has 0 bridgehead atoms. The van der Waals surface area contributed by atoms with Crippen LogP contribution in [-0.4, -0.2) is 26.7 Å². The van der Waals surface area contributed by atoms with Crippen LogP contribution in [0.25, 0.3) is 0 Å². The number of aromatic nitrogens is 4. The normalized spacial score (nSPS) is 9.65. The summed E-state index contributed by atoms with van der Waals surface area (Å²) >= 11 is 1.34. The third-order valence-corrected chi connectivity index (χ3v) is 2.36. The smallest absolute Gasteiger partial charge is 0.360 e. The van der Waals surface area contributed by atoms with E-state index in [0.29, 0.717) is 16.5 Å². The van der Waals surface area contributed by atoms with E-state index in [1.807, 2.05) is 12.3 Å². The molecule has 0 unspecified atom stereocenters. The number of thioether (sulfide) groups is 1. The quantitative estimate of drug-likeness (QED) is 0.760. The summed E-state index contributed by atoms with van der Waals surface area (Å²) in [6.07, 6.45) is 1.82. The largest absolute Gasteiger partial charge is 0.421 e. The molecular weight excluding hydrogens is 238 g/mol. The Morgan fingerprint density at radius 3 is 2.53 bits per heavy atom. The van der Waals surface area contributed by atoms with E-state index in [0.717, 1.165) is 0 Å². The zero-order valence-electron chi connectivity index (χ0n) is 8.86. The predicted octanol–water partition coefficient (Wildman–Crippen LogP) is 1.65. The zero-order chi connectivity index (χ0) is 12.1.